The second kappa shape index (κ2) is 5.43. The van der Waals surface area contributed by atoms with Crippen LogP contribution in [0.1, 0.15) is 48.5 Å². The van der Waals surface area contributed by atoms with E-state index in [1.54, 1.807) is 6.07 Å². The van der Waals surface area contributed by atoms with E-state index in [2.05, 4.69) is 19.2 Å². The van der Waals surface area contributed by atoms with Gasteiger partial charge >= 0.3 is 5.97 Å². The Balaban J connectivity index is 1.94. The quantitative estimate of drug-likeness (QED) is 0.874. The van der Waals surface area contributed by atoms with Crippen LogP contribution in [0.15, 0.2) is 24.3 Å². The molecule has 2 rings (SSSR count). The molecule has 4 nitrogen and oxygen atoms in total. The molecule has 0 spiro atoms. The molecule has 0 radical (unpaired) electrons. The van der Waals surface area contributed by atoms with Gasteiger partial charge in [-0.25, -0.2) is 0 Å². The minimum atomic E-state index is -0.771. The fourth-order valence-electron chi connectivity index (χ4n) is 2.25. The topological polar surface area (TPSA) is 66.4 Å². The molecule has 2 N–H and O–H groups in total. The molecule has 1 aromatic rings. The molecule has 0 aliphatic heterocycles. The molecule has 0 heterocycles. The molecule has 0 aromatic heterocycles. The summed E-state index contributed by atoms with van der Waals surface area (Å²) in [4.78, 5) is 22.7. The fourth-order valence-corrected chi connectivity index (χ4v) is 2.25. The van der Waals surface area contributed by atoms with E-state index in [9.17, 15) is 9.59 Å². The van der Waals surface area contributed by atoms with Gasteiger partial charge < -0.3 is 10.4 Å². The van der Waals surface area contributed by atoms with Gasteiger partial charge in [-0.3, -0.25) is 9.59 Å². The lowest BCUT2D eigenvalue weighted by molar-refractivity contribution is -0.145. The summed E-state index contributed by atoms with van der Waals surface area (Å²) in [6.07, 6.45) is 1.07. The van der Waals surface area contributed by atoms with Crippen molar-refractivity contribution in [1.29, 1.82) is 0 Å². The van der Waals surface area contributed by atoms with Crippen molar-refractivity contribution < 1.29 is 14.7 Å². The van der Waals surface area contributed by atoms with E-state index in [-0.39, 0.29) is 17.9 Å². The second-order valence-electron chi connectivity index (χ2n) is 5.46. The number of hydrogen-bond acceptors (Lipinski definition) is 2. The standard InChI is InChI=1S/C15H19NO3/c1-9(2)10-4-3-5-11(6-10)14(17)16-13-7-12(8-13)15(18)19/h3-6,9,12-13H,7-8H2,1-2H3,(H,16,17)(H,18,19). The number of aliphatic carboxylic acids is 1. The van der Waals surface area contributed by atoms with Crippen molar-refractivity contribution >= 4 is 11.9 Å². The summed E-state index contributed by atoms with van der Waals surface area (Å²) in [6, 6.07) is 7.56. The number of carbonyl (C=O) groups is 2. The Morgan fingerprint density at radius 3 is 2.58 bits per heavy atom. The van der Waals surface area contributed by atoms with Gasteiger partial charge in [0.05, 0.1) is 5.92 Å². The number of rotatable bonds is 4. The highest BCUT2D eigenvalue weighted by atomic mass is 16.4. The van der Waals surface area contributed by atoms with E-state index in [0.717, 1.165) is 5.56 Å². The maximum absolute atomic E-state index is 12.0. The van der Waals surface area contributed by atoms with E-state index in [1.165, 1.54) is 0 Å². The van der Waals surface area contributed by atoms with Gasteiger partial charge in [-0.2, -0.15) is 0 Å². The zero-order valence-electron chi connectivity index (χ0n) is 11.2. The van der Waals surface area contributed by atoms with Crippen molar-refractivity contribution in [3.63, 3.8) is 0 Å². The molecule has 1 fully saturated rings. The van der Waals surface area contributed by atoms with Gasteiger partial charge in [0.25, 0.3) is 5.91 Å². The maximum atomic E-state index is 12.0. The number of benzene rings is 1. The summed E-state index contributed by atoms with van der Waals surface area (Å²) in [5, 5.41) is 11.7. The zero-order valence-corrected chi connectivity index (χ0v) is 11.2. The average molecular weight is 261 g/mol. The largest absolute Gasteiger partial charge is 0.481 e. The first-order valence-electron chi connectivity index (χ1n) is 6.61. The number of hydrogen-bond donors (Lipinski definition) is 2. The number of amides is 1. The predicted octanol–water partition coefficient (Wildman–Crippen LogP) is 2.40. The molecule has 1 aromatic carbocycles. The smallest absolute Gasteiger partial charge is 0.306 e. The van der Waals surface area contributed by atoms with E-state index < -0.39 is 5.97 Å². The molecule has 1 aliphatic rings. The minimum absolute atomic E-state index is 0.00342. The van der Waals surface area contributed by atoms with Gasteiger partial charge in [-0.05, 0) is 36.5 Å². The van der Waals surface area contributed by atoms with E-state index >= 15 is 0 Å². The lowest BCUT2D eigenvalue weighted by atomic mass is 9.80. The maximum Gasteiger partial charge on any atom is 0.306 e. The van der Waals surface area contributed by atoms with Crippen molar-refractivity contribution in [1.82, 2.24) is 5.32 Å². The molecule has 0 bridgehead atoms. The van der Waals surface area contributed by atoms with Crippen LogP contribution in [0.25, 0.3) is 0 Å². The van der Waals surface area contributed by atoms with Crippen molar-refractivity contribution in [2.24, 2.45) is 5.92 Å². The Kier molecular flexibility index (Phi) is 3.88. The van der Waals surface area contributed by atoms with Crippen LogP contribution in [-0.4, -0.2) is 23.0 Å². The molecule has 1 aliphatic carbocycles. The highest BCUT2D eigenvalue weighted by Crippen LogP contribution is 2.27. The Hall–Kier alpha value is -1.84. The molecule has 0 unspecified atom stereocenters. The molecule has 102 valence electrons. The SMILES string of the molecule is CC(C)c1cccc(C(=O)NC2CC(C(=O)O)C2)c1. The minimum Gasteiger partial charge on any atom is -0.481 e. The van der Waals surface area contributed by atoms with Gasteiger partial charge in [-0.1, -0.05) is 26.0 Å². The van der Waals surface area contributed by atoms with Gasteiger partial charge in [0.1, 0.15) is 0 Å². The predicted molar refractivity (Wildman–Crippen MR) is 72.1 cm³/mol. The number of carboxylic acids is 1. The summed E-state index contributed by atoms with van der Waals surface area (Å²) in [5.41, 5.74) is 1.77. The number of carboxylic acid groups (broad SMARTS) is 1. The molecule has 1 saturated carbocycles. The average Bonchev–Trinajstić information content (AvgIpc) is 2.32. The fraction of sp³-hybridized carbons (Fsp3) is 0.467. The van der Waals surface area contributed by atoms with Crippen LogP contribution in [0.4, 0.5) is 0 Å². The summed E-state index contributed by atoms with van der Waals surface area (Å²) in [6.45, 7) is 4.17. The van der Waals surface area contributed by atoms with Crippen LogP contribution in [0, 0.1) is 5.92 Å². The molecular formula is C15H19NO3. The number of nitrogens with one attached hydrogen (secondary N) is 1. The number of carbonyl (C=O) groups excluding carboxylic acids is 1. The molecule has 0 atom stereocenters. The summed E-state index contributed by atoms with van der Waals surface area (Å²) in [7, 11) is 0. The summed E-state index contributed by atoms with van der Waals surface area (Å²) >= 11 is 0. The van der Waals surface area contributed by atoms with Gasteiger partial charge in [0.15, 0.2) is 0 Å². The monoisotopic (exact) mass is 261 g/mol. The summed E-state index contributed by atoms with van der Waals surface area (Å²) < 4.78 is 0. The van der Waals surface area contributed by atoms with Crippen molar-refractivity contribution in [3.05, 3.63) is 35.4 Å². The van der Waals surface area contributed by atoms with Gasteiger partial charge in [-0.15, -0.1) is 0 Å². The first-order chi connectivity index (χ1) is 8.97. The van der Waals surface area contributed by atoms with Crippen LogP contribution < -0.4 is 5.32 Å². The molecule has 0 saturated heterocycles. The van der Waals surface area contributed by atoms with Crippen LogP contribution >= 0.6 is 0 Å². The van der Waals surface area contributed by atoms with Crippen LogP contribution in [-0.2, 0) is 4.79 Å². The Morgan fingerprint density at radius 1 is 1.32 bits per heavy atom. The Labute approximate surface area is 112 Å². The lowest BCUT2D eigenvalue weighted by Crippen LogP contribution is -2.46. The van der Waals surface area contributed by atoms with Crippen molar-refractivity contribution in [3.8, 4) is 0 Å². The highest BCUT2D eigenvalue weighted by Gasteiger charge is 2.35. The third-order valence-electron chi connectivity index (χ3n) is 3.64. The van der Waals surface area contributed by atoms with Crippen LogP contribution in [0.3, 0.4) is 0 Å². The summed E-state index contributed by atoms with van der Waals surface area (Å²) in [5.74, 6) is -0.802. The van der Waals surface area contributed by atoms with Gasteiger partial charge in [0, 0.05) is 11.6 Å². The van der Waals surface area contributed by atoms with Crippen LogP contribution in [0.2, 0.25) is 0 Å². The molecule has 1 amide bonds. The Morgan fingerprint density at radius 2 is 2.00 bits per heavy atom. The van der Waals surface area contributed by atoms with Crippen molar-refractivity contribution in [2.75, 3.05) is 0 Å². The lowest BCUT2D eigenvalue weighted by Gasteiger charge is -2.32. The van der Waals surface area contributed by atoms with E-state index in [4.69, 9.17) is 5.11 Å². The highest BCUT2D eigenvalue weighted by molar-refractivity contribution is 5.94. The first-order valence-corrected chi connectivity index (χ1v) is 6.61. The third kappa shape index (κ3) is 3.13. The van der Waals surface area contributed by atoms with E-state index in [0.29, 0.717) is 24.3 Å². The Bertz CT molecular complexity index is 490. The molecular weight excluding hydrogens is 242 g/mol. The molecule has 4 heteroatoms. The zero-order chi connectivity index (χ0) is 14.0. The van der Waals surface area contributed by atoms with Crippen molar-refractivity contribution in [2.45, 2.75) is 38.6 Å². The van der Waals surface area contributed by atoms with Crippen LogP contribution in [0.5, 0.6) is 0 Å². The first kappa shape index (κ1) is 13.6. The normalized spacial score (nSPS) is 21.8. The third-order valence-corrected chi connectivity index (χ3v) is 3.64. The van der Waals surface area contributed by atoms with E-state index in [1.807, 2.05) is 18.2 Å². The molecule has 19 heavy (non-hydrogen) atoms. The van der Waals surface area contributed by atoms with Gasteiger partial charge in [0.2, 0.25) is 0 Å². The second-order valence-corrected chi connectivity index (χ2v) is 5.46.